The average Bonchev–Trinajstić information content (AvgIpc) is 3.11. The minimum absolute atomic E-state index is 0.0131. The molecule has 3 heterocycles. The Morgan fingerprint density at radius 1 is 1.40 bits per heavy atom. The lowest BCUT2D eigenvalue weighted by Gasteiger charge is -2.25. The van der Waals surface area contributed by atoms with E-state index in [0.717, 1.165) is 10.4 Å². The molecule has 0 spiro atoms. The third-order valence-electron chi connectivity index (χ3n) is 3.85. The van der Waals surface area contributed by atoms with Gasteiger partial charge in [-0.3, -0.25) is 4.79 Å². The van der Waals surface area contributed by atoms with Crippen molar-refractivity contribution >= 4 is 33.2 Å². The second kappa shape index (κ2) is 6.10. The topological polar surface area (TPSA) is 105 Å². The Hall–Kier alpha value is -1.94. The Morgan fingerprint density at radius 3 is 2.72 bits per heavy atom. The number of thiophene rings is 1. The Bertz CT molecular complexity index is 908. The summed E-state index contributed by atoms with van der Waals surface area (Å²) in [7, 11) is -3.80. The van der Waals surface area contributed by atoms with Crippen molar-refractivity contribution in [1.82, 2.24) is 15.0 Å². The number of hydrogen-bond acceptors (Lipinski definition) is 7. The normalized spacial score (nSPS) is 15.1. The first-order valence-corrected chi connectivity index (χ1v) is 10.1. The van der Waals surface area contributed by atoms with Crippen LogP contribution in [-0.2, 0) is 33.2 Å². The van der Waals surface area contributed by atoms with Gasteiger partial charge in [-0.1, -0.05) is 20.8 Å². The highest BCUT2D eigenvalue weighted by Crippen LogP contribution is 2.32. The van der Waals surface area contributed by atoms with E-state index in [1.807, 2.05) is 20.8 Å². The van der Waals surface area contributed by atoms with Crippen LogP contribution >= 0.6 is 11.3 Å². The first-order chi connectivity index (χ1) is 11.6. The zero-order valence-electron chi connectivity index (χ0n) is 14.5. The van der Waals surface area contributed by atoms with Gasteiger partial charge < -0.3 is 9.42 Å². The number of aromatic nitrogens is 2. The van der Waals surface area contributed by atoms with Gasteiger partial charge in [0.1, 0.15) is 4.21 Å². The summed E-state index contributed by atoms with van der Waals surface area (Å²) < 4.78 is 32.8. The molecule has 1 N–H and O–H groups in total. The molecule has 0 aromatic carbocycles. The smallest absolute Gasteiger partial charge is 0.277 e. The molecule has 3 rings (SSSR count). The van der Waals surface area contributed by atoms with Crippen LogP contribution in [0.3, 0.4) is 0 Å². The number of anilines is 1. The quantitative estimate of drug-likeness (QED) is 0.869. The van der Waals surface area contributed by atoms with Crippen molar-refractivity contribution in [2.24, 2.45) is 0 Å². The summed E-state index contributed by atoms with van der Waals surface area (Å²) in [6, 6.07) is 1.61. The predicted molar refractivity (Wildman–Crippen MR) is 92.9 cm³/mol. The zero-order chi connectivity index (χ0) is 18.4. The molecule has 136 valence electrons. The number of nitrogens with one attached hydrogen (secondary N) is 1. The summed E-state index contributed by atoms with van der Waals surface area (Å²) in [6.07, 6.45) is 0.658. The molecule has 0 saturated carbocycles. The van der Waals surface area contributed by atoms with Gasteiger partial charge >= 0.3 is 0 Å². The Kier molecular flexibility index (Phi) is 4.36. The van der Waals surface area contributed by atoms with Crippen molar-refractivity contribution in [2.75, 3.05) is 11.3 Å². The van der Waals surface area contributed by atoms with Gasteiger partial charge in [0.25, 0.3) is 16.0 Å². The monoisotopic (exact) mass is 384 g/mol. The van der Waals surface area contributed by atoms with Crippen LogP contribution in [0.5, 0.6) is 0 Å². The SMILES string of the molecule is CC(=O)N1CCc2sc(S(=O)(=O)Nc3noc(C(C)(C)C)n3)cc2C1. The molecule has 1 aliphatic heterocycles. The van der Waals surface area contributed by atoms with Gasteiger partial charge in [0.05, 0.1) is 0 Å². The summed E-state index contributed by atoms with van der Waals surface area (Å²) in [4.78, 5) is 18.3. The molecule has 0 fully saturated rings. The number of sulfonamides is 1. The summed E-state index contributed by atoms with van der Waals surface area (Å²) >= 11 is 1.21. The molecule has 25 heavy (non-hydrogen) atoms. The van der Waals surface area contributed by atoms with Crippen molar-refractivity contribution < 1.29 is 17.7 Å². The number of fused-ring (bicyclic) bond motifs is 1. The fourth-order valence-electron chi connectivity index (χ4n) is 2.45. The highest BCUT2D eigenvalue weighted by Gasteiger charge is 2.27. The van der Waals surface area contributed by atoms with E-state index < -0.39 is 10.0 Å². The molecule has 0 saturated heterocycles. The molecule has 0 radical (unpaired) electrons. The van der Waals surface area contributed by atoms with Gasteiger partial charge in [-0.15, -0.1) is 11.3 Å². The van der Waals surface area contributed by atoms with E-state index in [1.54, 1.807) is 11.0 Å². The zero-order valence-corrected chi connectivity index (χ0v) is 16.1. The average molecular weight is 384 g/mol. The van der Waals surface area contributed by atoms with Gasteiger partial charge in [-0.2, -0.15) is 4.98 Å². The van der Waals surface area contributed by atoms with Crippen LogP contribution in [0.15, 0.2) is 14.8 Å². The first kappa shape index (κ1) is 17.9. The van der Waals surface area contributed by atoms with Gasteiger partial charge in [0.2, 0.25) is 11.8 Å². The van der Waals surface area contributed by atoms with Crippen molar-refractivity contribution in [3.8, 4) is 0 Å². The largest absolute Gasteiger partial charge is 0.338 e. The minimum Gasteiger partial charge on any atom is -0.338 e. The third kappa shape index (κ3) is 3.69. The van der Waals surface area contributed by atoms with Crippen molar-refractivity contribution in [3.63, 3.8) is 0 Å². The highest BCUT2D eigenvalue weighted by molar-refractivity contribution is 7.94. The summed E-state index contributed by atoms with van der Waals surface area (Å²) in [5.41, 5.74) is 0.504. The molecule has 1 amide bonds. The molecule has 0 bridgehead atoms. The van der Waals surface area contributed by atoms with E-state index >= 15 is 0 Å². The minimum atomic E-state index is -3.80. The van der Waals surface area contributed by atoms with Crippen LogP contribution in [0.2, 0.25) is 0 Å². The van der Waals surface area contributed by atoms with Gasteiger partial charge in [0, 0.05) is 30.3 Å². The third-order valence-corrected chi connectivity index (χ3v) is 6.89. The van der Waals surface area contributed by atoms with Gasteiger partial charge in [-0.05, 0) is 23.2 Å². The number of amides is 1. The van der Waals surface area contributed by atoms with E-state index in [0.29, 0.717) is 25.4 Å². The molecule has 1 aliphatic rings. The maximum absolute atomic E-state index is 12.6. The lowest BCUT2D eigenvalue weighted by Crippen LogP contribution is -2.33. The van der Waals surface area contributed by atoms with Gasteiger partial charge in [0.15, 0.2) is 0 Å². The lowest BCUT2D eigenvalue weighted by atomic mass is 9.97. The van der Waals surface area contributed by atoms with Crippen LogP contribution in [-0.4, -0.2) is 35.9 Å². The lowest BCUT2D eigenvalue weighted by molar-refractivity contribution is -0.129. The van der Waals surface area contributed by atoms with Crippen LogP contribution in [0.25, 0.3) is 0 Å². The van der Waals surface area contributed by atoms with Crippen LogP contribution < -0.4 is 4.72 Å². The number of carbonyl (C=O) groups excluding carboxylic acids is 1. The van der Waals surface area contributed by atoms with Crippen molar-refractivity contribution in [1.29, 1.82) is 0 Å². The standard InChI is InChI=1S/C15H20N4O4S2/c1-9(20)19-6-5-11-10(8-19)7-12(24-11)25(21,22)18-14-16-13(23-17-14)15(2,3)4/h7H,5-6,8H2,1-4H3,(H,17,18). The van der Waals surface area contributed by atoms with Crippen LogP contribution in [0.4, 0.5) is 5.95 Å². The van der Waals surface area contributed by atoms with Crippen LogP contribution in [0, 0.1) is 0 Å². The van der Waals surface area contributed by atoms with Crippen molar-refractivity contribution in [3.05, 3.63) is 22.4 Å². The van der Waals surface area contributed by atoms with E-state index in [1.165, 1.54) is 18.3 Å². The maximum atomic E-state index is 12.6. The predicted octanol–water partition coefficient (Wildman–Crippen LogP) is 2.13. The first-order valence-electron chi connectivity index (χ1n) is 7.80. The number of nitrogens with zero attached hydrogens (tertiary/aromatic N) is 3. The molecular formula is C15H20N4O4S2. The Labute approximate surface area is 150 Å². The van der Waals surface area contributed by atoms with E-state index in [9.17, 15) is 13.2 Å². The summed E-state index contributed by atoms with van der Waals surface area (Å²) in [5, 5.41) is 3.69. The number of rotatable bonds is 3. The molecule has 0 atom stereocenters. The highest BCUT2D eigenvalue weighted by atomic mass is 32.2. The fraction of sp³-hybridized carbons (Fsp3) is 0.533. The molecule has 2 aromatic heterocycles. The molecule has 0 aliphatic carbocycles. The number of hydrogen-bond donors (Lipinski definition) is 1. The van der Waals surface area contributed by atoms with E-state index in [2.05, 4.69) is 14.9 Å². The van der Waals surface area contributed by atoms with Crippen molar-refractivity contribution in [2.45, 2.75) is 50.3 Å². The second-order valence-electron chi connectivity index (χ2n) is 6.98. The number of carbonyl (C=O) groups is 1. The maximum Gasteiger partial charge on any atom is 0.277 e. The summed E-state index contributed by atoms with van der Waals surface area (Å²) in [6.45, 7) is 8.24. The fourth-order valence-corrected chi connectivity index (χ4v) is 4.93. The Balaban J connectivity index is 1.82. The Morgan fingerprint density at radius 2 is 2.12 bits per heavy atom. The molecule has 8 nitrogen and oxygen atoms in total. The molecular weight excluding hydrogens is 364 g/mol. The molecule has 0 unspecified atom stereocenters. The molecule has 10 heteroatoms. The summed E-state index contributed by atoms with van der Waals surface area (Å²) in [5.74, 6) is 0.260. The van der Waals surface area contributed by atoms with E-state index in [-0.39, 0.29) is 21.5 Å². The second-order valence-corrected chi connectivity index (χ2v) is 10.0. The van der Waals surface area contributed by atoms with E-state index in [4.69, 9.17) is 4.52 Å². The van der Waals surface area contributed by atoms with Gasteiger partial charge in [-0.25, -0.2) is 13.1 Å². The molecule has 2 aromatic rings. The van der Waals surface area contributed by atoms with Crippen LogP contribution in [0.1, 0.15) is 44.0 Å².